The Bertz CT molecular complexity index is 596. The second-order valence-electron chi connectivity index (χ2n) is 6.16. The molecule has 5 atom stereocenters. The van der Waals surface area contributed by atoms with Crippen LogP contribution in [0.4, 0.5) is 0 Å². The number of allylic oxidation sites excluding steroid dienone is 2. The first-order valence-electron chi connectivity index (χ1n) is 7.73. The van der Waals surface area contributed by atoms with E-state index in [1.54, 1.807) is 0 Å². The van der Waals surface area contributed by atoms with Gasteiger partial charge >= 0.3 is 5.97 Å². The van der Waals surface area contributed by atoms with Crippen LogP contribution in [0.2, 0.25) is 0 Å². The number of methoxy groups -OCH3 is 1. The van der Waals surface area contributed by atoms with Crippen molar-refractivity contribution in [2.45, 2.75) is 19.4 Å². The summed E-state index contributed by atoms with van der Waals surface area (Å²) in [6, 6.07) is 9.76. The van der Waals surface area contributed by atoms with Gasteiger partial charge in [0.15, 0.2) is 0 Å². The molecule has 4 heteroatoms. The lowest BCUT2D eigenvalue weighted by atomic mass is 9.82. The molecule has 116 valence electrons. The molecule has 2 unspecified atom stereocenters. The topological polar surface area (TPSA) is 55.4 Å². The average molecular weight is 299 g/mol. The first-order valence-corrected chi connectivity index (χ1v) is 7.73. The van der Waals surface area contributed by atoms with Crippen molar-refractivity contribution in [1.82, 2.24) is 5.32 Å². The van der Waals surface area contributed by atoms with E-state index in [2.05, 4.69) is 17.5 Å². The molecule has 1 aromatic rings. The van der Waals surface area contributed by atoms with E-state index in [1.165, 1.54) is 7.11 Å². The zero-order valence-electron chi connectivity index (χ0n) is 12.9. The van der Waals surface area contributed by atoms with Gasteiger partial charge in [-0.1, -0.05) is 42.5 Å². The Balaban J connectivity index is 1.74. The van der Waals surface area contributed by atoms with Crippen molar-refractivity contribution >= 4 is 11.9 Å². The van der Waals surface area contributed by atoms with Crippen molar-refractivity contribution in [3.05, 3.63) is 48.0 Å². The first kappa shape index (κ1) is 14.8. The predicted molar refractivity (Wildman–Crippen MR) is 82.7 cm³/mol. The second-order valence-corrected chi connectivity index (χ2v) is 6.16. The van der Waals surface area contributed by atoms with Gasteiger partial charge in [-0.2, -0.15) is 0 Å². The second kappa shape index (κ2) is 5.95. The monoisotopic (exact) mass is 299 g/mol. The minimum absolute atomic E-state index is 0.0522. The molecule has 0 heterocycles. The standard InChI is InChI=1S/C18H21NO3/c1-11(12-6-4-3-5-7-12)19-17(20)15-13-8-9-14(10-13)16(15)18(21)22-2/h3-9,11,13-16H,10H2,1-2H3,(H,19,20)/t11-,13?,14?,15+,16+/m0/s1. The maximum absolute atomic E-state index is 12.7. The van der Waals surface area contributed by atoms with Crippen molar-refractivity contribution in [1.29, 1.82) is 0 Å². The Morgan fingerprint density at radius 3 is 2.41 bits per heavy atom. The molecule has 0 spiro atoms. The highest BCUT2D eigenvalue weighted by molar-refractivity contribution is 5.87. The summed E-state index contributed by atoms with van der Waals surface area (Å²) in [4.78, 5) is 24.7. The summed E-state index contributed by atoms with van der Waals surface area (Å²) in [5, 5.41) is 3.05. The molecule has 1 aromatic carbocycles. The molecule has 0 aliphatic heterocycles. The Kier molecular flexibility index (Phi) is 4.01. The SMILES string of the molecule is COC(=O)[C@@H]1C2C=CC(C2)[C@H]1C(=O)N[C@@H](C)c1ccccc1. The molecular formula is C18H21NO3. The quantitative estimate of drug-likeness (QED) is 0.686. The number of ether oxygens (including phenoxy) is 1. The van der Waals surface area contributed by atoms with Crippen molar-refractivity contribution < 1.29 is 14.3 Å². The molecular weight excluding hydrogens is 278 g/mol. The minimum atomic E-state index is -0.344. The van der Waals surface area contributed by atoms with Crippen molar-refractivity contribution in [2.75, 3.05) is 7.11 Å². The van der Waals surface area contributed by atoms with Gasteiger partial charge in [-0.3, -0.25) is 9.59 Å². The highest BCUT2D eigenvalue weighted by Crippen LogP contribution is 2.48. The number of hydrogen-bond donors (Lipinski definition) is 1. The number of fused-ring (bicyclic) bond motifs is 2. The third-order valence-corrected chi connectivity index (χ3v) is 4.89. The lowest BCUT2D eigenvalue weighted by Crippen LogP contribution is -2.41. The highest BCUT2D eigenvalue weighted by Gasteiger charge is 2.52. The van der Waals surface area contributed by atoms with Crippen LogP contribution in [0.1, 0.15) is 24.9 Å². The molecule has 3 rings (SSSR count). The van der Waals surface area contributed by atoms with E-state index in [-0.39, 0.29) is 41.6 Å². The molecule has 1 saturated carbocycles. The summed E-state index contributed by atoms with van der Waals surface area (Å²) in [7, 11) is 1.39. The summed E-state index contributed by atoms with van der Waals surface area (Å²) in [6.07, 6.45) is 5.00. The van der Waals surface area contributed by atoms with Crippen LogP contribution in [0.5, 0.6) is 0 Å². The van der Waals surface area contributed by atoms with Gasteiger partial charge in [-0.15, -0.1) is 0 Å². The van der Waals surface area contributed by atoms with Gasteiger partial charge in [0.25, 0.3) is 0 Å². The van der Waals surface area contributed by atoms with E-state index < -0.39 is 0 Å². The van der Waals surface area contributed by atoms with Gasteiger partial charge < -0.3 is 10.1 Å². The molecule has 0 aromatic heterocycles. The van der Waals surface area contributed by atoms with E-state index in [1.807, 2.05) is 37.3 Å². The fraction of sp³-hybridized carbons (Fsp3) is 0.444. The van der Waals surface area contributed by atoms with Gasteiger partial charge in [0, 0.05) is 0 Å². The van der Waals surface area contributed by atoms with Crippen molar-refractivity contribution in [2.24, 2.45) is 23.7 Å². The maximum Gasteiger partial charge on any atom is 0.310 e. The van der Waals surface area contributed by atoms with Crippen LogP contribution in [0.15, 0.2) is 42.5 Å². The Morgan fingerprint density at radius 2 is 1.77 bits per heavy atom. The van der Waals surface area contributed by atoms with Gasteiger partial charge in [-0.05, 0) is 30.7 Å². The normalized spacial score (nSPS) is 30.1. The number of rotatable bonds is 4. The smallest absolute Gasteiger partial charge is 0.310 e. The minimum Gasteiger partial charge on any atom is -0.469 e. The summed E-state index contributed by atoms with van der Waals surface area (Å²) >= 11 is 0. The van der Waals surface area contributed by atoms with Crippen LogP contribution >= 0.6 is 0 Å². The molecule has 1 amide bonds. The molecule has 2 bridgehead atoms. The number of carbonyl (C=O) groups is 2. The molecule has 2 aliphatic carbocycles. The zero-order chi connectivity index (χ0) is 15.7. The molecule has 2 aliphatic rings. The Labute approximate surface area is 130 Å². The fourth-order valence-corrected chi connectivity index (χ4v) is 3.77. The van der Waals surface area contributed by atoms with E-state index >= 15 is 0 Å². The number of benzene rings is 1. The van der Waals surface area contributed by atoms with E-state index in [0.29, 0.717) is 0 Å². The molecule has 1 N–H and O–H groups in total. The van der Waals surface area contributed by atoms with E-state index in [4.69, 9.17) is 4.74 Å². The van der Waals surface area contributed by atoms with Crippen LogP contribution in [-0.2, 0) is 14.3 Å². The lowest BCUT2D eigenvalue weighted by molar-refractivity contribution is -0.151. The van der Waals surface area contributed by atoms with Crippen LogP contribution < -0.4 is 5.32 Å². The Hall–Kier alpha value is -2.10. The van der Waals surface area contributed by atoms with Crippen LogP contribution in [0, 0.1) is 23.7 Å². The summed E-state index contributed by atoms with van der Waals surface area (Å²) in [5.41, 5.74) is 1.06. The number of esters is 1. The maximum atomic E-state index is 12.7. The van der Waals surface area contributed by atoms with Crippen LogP contribution in [-0.4, -0.2) is 19.0 Å². The third kappa shape index (κ3) is 2.54. The largest absolute Gasteiger partial charge is 0.469 e. The molecule has 1 fully saturated rings. The summed E-state index contributed by atoms with van der Waals surface area (Å²) < 4.78 is 4.90. The first-order chi connectivity index (χ1) is 10.6. The third-order valence-electron chi connectivity index (χ3n) is 4.89. The predicted octanol–water partition coefficient (Wildman–Crippen LogP) is 2.48. The number of amides is 1. The summed E-state index contributed by atoms with van der Waals surface area (Å²) in [5.74, 6) is -0.693. The van der Waals surface area contributed by atoms with E-state index in [9.17, 15) is 9.59 Å². The highest BCUT2D eigenvalue weighted by atomic mass is 16.5. The fourth-order valence-electron chi connectivity index (χ4n) is 3.77. The van der Waals surface area contributed by atoms with Crippen molar-refractivity contribution in [3.8, 4) is 0 Å². The van der Waals surface area contributed by atoms with Gasteiger partial charge in [-0.25, -0.2) is 0 Å². The molecule has 0 radical (unpaired) electrons. The number of hydrogen-bond acceptors (Lipinski definition) is 3. The zero-order valence-corrected chi connectivity index (χ0v) is 12.9. The Morgan fingerprint density at radius 1 is 1.14 bits per heavy atom. The number of nitrogens with one attached hydrogen (secondary N) is 1. The average Bonchev–Trinajstić information content (AvgIpc) is 3.15. The van der Waals surface area contributed by atoms with Crippen LogP contribution in [0.3, 0.4) is 0 Å². The van der Waals surface area contributed by atoms with Gasteiger partial charge in [0.05, 0.1) is 25.0 Å². The molecule has 22 heavy (non-hydrogen) atoms. The number of carbonyl (C=O) groups excluding carboxylic acids is 2. The van der Waals surface area contributed by atoms with Gasteiger partial charge in [0.2, 0.25) is 5.91 Å². The van der Waals surface area contributed by atoms with E-state index in [0.717, 1.165) is 12.0 Å². The summed E-state index contributed by atoms with van der Waals surface area (Å²) in [6.45, 7) is 1.96. The lowest BCUT2D eigenvalue weighted by Gasteiger charge is -2.26. The molecule has 4 nitrogen and oxygen atoms in total. The van der Waals surface area contributed by atoms with Crippen LogP contribution in [0.25, 0.3) is 0 Å². The van der Waals surface area contributed by atoms with Gasteiger partial charge in [0.1, 0.15) is 0 Å². The van der Waals surface area contributed by atoms with Crippen molar-refractivity contribution in [3.63, 3.8) is 0 Å². The molecule has 0 saturated heterocycles.